The van der Waals surface area contributed by atoms with Gasteiger partial charge in [-0.15, -0.1) is 0 Å². The van der Waals surface area contributed by atoms with Crippen LogP contribution < -0.4 is 4.74 Å². The smallest absolute Gasteiger partial charge is 0.167 e. The predicted molar refractivity (Wildman–Crippen MR) is 64.8 cm³/mol. The highest BCUT2D eigenvalue weighted by Crippen LogP contribution is 2.21. The first-order valence-corrected chi connectivity index (χ1v) is 5.77. The molecule has 0 aliphatic heterocycles. The second-order valence-corrected chi connectivity index (χ2v) is 4.31. The number of rotatable bonds is 3. The zero-order valence-corrected chi connectivity index (χ0v) is 10.4. The van der Waals surface area contributed by atoms with E-state index in [0.717, 1.165) is 16.1 Å². The van der Waals surface area contributed by atoms with Gasteiger partial charge in [0, 0.05) is 16.1 Å². The van der Waals surface area contributed by atoms with E-state index < -0.39 is 11.6 Å². The Bertz CT molecular complexity index is 529. The molecule has 88 valence electrons. The fraction of sp³-hybridized carbons (Fsp3) is 0.0769. The van der Waals surface area contributed by atoms with E-state index in [0.29, 0.717) is 0 Å². The van der Waals surface area contributed by atoms with Crippen LogP contribution in [0.15, 0.2) is 46.9 Å². The molecule has 4 heteroatoms. The van der Waals surface area contributed by atoms with Crippen LogP contribution in [0, 0.1) is 11.6 Å². The minimum Gasteiger partial charge on any atom is -0.486 e. The summed E-state index contributed by atoms with van der Waals surface area (Å²) in [6, 6.07) is 10.7. The molecule has 0 N–H and O–H groups in total. The Morgan fingerprint density at radius 1 is 1.06 bits per heavy atom. The molecule has 0 unspecified atom stereocenters. The highest BCUT2D eigenvalue weighted by molar-refractivity contribution is 9.10. The van der Waals surface area contributed by atoms with Crippen molar-refractivity contribution in [3.8, 4) is 5.75 Å². The molecule has 0 aliphatic carbocycles. The van der Waals surface area contributed by atoms with Gasteiger partial charge in [-0.1, -0.05) is 34.1 Å². The Morgan fingerprint density at radius 3 is 2.53 bits per heavy atom. The zero-order valence-electron chi connectivity index (χ0n) is 8.79. The number of halogens is 3. The summed E-state index contributed by atoms with van der Waals surface area (Å²) in [7, 11) is 0. The topological polar surface area (TPSA) is 9.23 Å². The lowest BCUT2D eigenvalue weighted by Crippen LogP contribution is -1.98. The van der Waals surface area contributed by atoms with E-state index in [1.807, 2.05) is 24.3 Å². The van der Waals surface area contributed by atoms with E-state index in [1.165, 1.54) is 12.1 Å². The van der Waals surface area contributed by atoms with E-state index in [1.54, 1.807) is 0 Å². The van der Waals surface area contributed by atoms with Gasteiger partial charge < -0.3 is 4.74 Å². The van der Waals surface area contributed by atoms with Crippen LogP contribution in [0.2, 0.25) is 0 Å². The van der Waals surface area contributed by atoms with Crippen molar-refractivity contribution in [1.82, 2.24) is 0 Å². The van der Waals surface area contributed by atoms with Crippen LogP contribution in [0.3, 0.4) is 0 Å². The maximum atomic E-state index is 13.3. The van der Waals surface area contributed by atoms with Crippen molar-refractivity contribution >= 4 is 15.9 Å². The molecule has 2 rings (SSSR count). The molecular weight excluding hydrogens is 290 g/mol. The van der Waals surface area contributed by atoms with Crippen LogP contribution in [-0.2, 0) is 6.61 Å². The molecule has 1 nitrogen and oxygen atoms in total. The first kappa shape index (κ1) is 12.0. The Kier molecular flexibility index (Phi) is 3.74. The van der Waals surface area contributed by atoms with E-state index >= 15 is 0 Å². The minimum absolute atomic E-state index is 0.0437. The highest BCUT2D eigenvalue weighted by atomic mass is 79.9. The van der Waals surface area contributed by atoms with E-state index in [9.17, 15) is 8.78 Å². The second-order valence-electron chi connectivity index (χ2n) is 3.45. The van der Waals surface area contributed by atoms with Gasteiger partial charge in [0.15, 0.2) is 11.6 Å². The molecule has 0 heterocycles. The summed E-state index contributed by atoms with van der Waals surface area (Å²) in [5.74, 6) is -1.27. The summed E-state index contributed by atoms with van der Waals surface area (Å²) in [5, 5.41) is 0. The third-order valence-electron chi connectivity index (χ3n) is 2.23. The number of hydrogen-bond acceptors (Lipinski definition) is 1. The van der Waals surface area contributed by atoms with Gasteiger partial charge in [0.05, 0.1) is 0 Å². The van der Waals surface area contributed by atoms with Gasteiger partial charge in [-0.2, -0.15) is 0 Å². The summed E-state index contributed by atoms with van der Waals surface area (Å²) in [5.41, 5.74) is 0.899. The van der Waals surface area contributed by atoms with Crippen LogP contribution in [0.1, 0.15) is 5.56 Å². The molecule has 0 aromatic heterocycles. The lowest BCUT2D eigenvalue weighted by atomic mass is 10.2. The van der Waals surface area contributed by atoms with E-state index in [-0.39, 0.29) is 12.4 Å². The third-order valence-corrected chi connectivity index (χ3v) is 3.01. The number of benzene rings is 2. The number of ether oxygens (including phenoxy) is 1. The van der Waals surface area contributed by atoms with Gasteiger partial charge in [-0.25, -0.2) is 8.78 Å². The molecule has 0 fully saturated rings. The average Bonchev–Trinajstić information content (AvgIpc) is 2.30. The summed E-state index contributed by atoms with van der Waals surface area (Å²) < 4.78 is 32.1. The molecule has 0 spiro atoms. The van der Waals surface area contributed by atoms with Crippen molar-refractivity contribution in [1.29, 1.82) is 0 Å². The fourth-order valence-electron chi connectivity index (χ4n) is 1.36. The van der Waals surface area contributed by atoms with Crippen molar-refractivity contribution in [2.45, 2.75) is 6.61 Å². The van der Waals surface area contributed by atoms with Crippen LogP contribution in [0.5, 0.6) is 5.75 Å². The zero-order chi connectivity index (χ0) is 12.3. The Balaban J connectivity index is 2.10. The van der Waals surface area contributed by atoms with Crippen molar-refractivity contribution in [2.75, 3.05) is 0 Å². The molecule has 17 heavy (non-hydrogen) atoms. The van der Waals surface area contributed by atoms with Gasteiger partial charge in [0.25, 0.3) is 0 Å². The number of hydrogen-bond donors (Lipinski definition) is 0. The van der Waals surface area contributed by atoms with Gasteiger partial charge in [0.1, 0.15) is 12.4 Å². The molecule has 2 aromatic carbocycles. The van der Waals surface area contributed by atoms with Crippen molar-refractivity contribution in [3.63, 3.8) is 0 Å². The molecule has 0 amide bonds. The molecule has 0 aliphatic rings. The molecule has 2 aromatic rings. The van der Waals surface area contributed by atoms with Gasteiger partial charge in [-0.3, -0.25) is 0 Å². The summed E-state index contributed by atoms with van der Waals surface area (Å²) >= 11 is 3.37. The van der Waals surface area contributed by atoms with Crippen LogP contribution in [0.25, 0.3) is 0 Å². The summed E-state index contributed by atoms with van der Waals surface area (Å²) in [4.78, 5) is 0. The predicted octanol–water partition coefficient (Wildman–Crippen LogP) is 4.31. The highest BCUT2D eigenvalue weighted by Gasteiger charge is 2.06. The van der Waals surface area contributed by atoms with Gasteiger partial charge >= 0.3 is 0 Å². The monoisotopic (exact) mass is 298 g/mol. The Hall–Kier alpha value is -1.42. The normalized spacial score (nSPS) is 10.3. The average molecular weight is 299 g/mol. The second kappa shape index (κ2) is 5.27. The quantitative estimate of drug-likeness (QED) is 0.820. The minimum atomic E-state index is -0.697. The largest absolute Gasteiger partial charge is 0.486 e. The van der Waals surface area contributed by atoms with Crippen LogP contribution in [-0.4, -0.2) is 0 Å². The standard InChI is InChI=1S/C13H9BrF2O/c14-11-4-2-1-3-9(11)8-17-13-6-5-10(15)7-12(13)16/h1-7H,8H2. The lowest BCUT2D eigenvalue weighted by Gasteiger charge is -2.08. The molecule has 0 atom stereocenters. The molecule has 0 saturated heterocycles. The van der Waals surface area contributed by atoms with Crippen LogP contribution >= 0.6 is 15.9 Å². The molecule has 0 radical (unpaired) electrons. The SMILES string of the molecule is Fc1ccc(OCc2ccccc2Br)c(F)c1. The molecule has 0 saturated carbocycles. The van der Waals surface area contributed by atoms with Crippen molar-refractivity contribution < 1.29 is 13.5 Å². The Labute approximate surface area is 106 Å². The van der Waals surface area contributed by atoms with Crippen molar-refractivity contribution in [2.24, 2.45) is 0 Å². The maximum absolute atomic E-state index is 13.3. The molecular formula is C13H9BrF2O. The Morgan fingerprint density at radius 2 is 1.82 bits per heavy atom. The lowest BCUT2D eigenvalue weighted by molar-refractivity contribution is 0.288. The first-order valence-electron chi connectivity index (χ1n) is 4.98. The van der Waals surface area contributed by atoms with Gasteiger partial charge in [0.2, 0.25) is 0 Å². The third kappa shape index (κ3) is 3.03. The van der Waals surface area contributed by atoms with E-state index in [4.69, 9.17) is 4.74 Å². The fourth-order valence-corrected chi connectivity index (χ4v) is 1.76. The molecule has 0 bridgehead atoms. The van der Waals surface area contributed by atoms with Gasteiger partial charge in [-0.05, 0) is 18.2 Å². The van der Waals surface area contributed by atoms with E-state index in [2.05, 4.69) is 15.9 Å². The summed E-state index contributed by atoms with van der Waals surface area (Å²) in [6.45, 7) is 0.226. The summed E-state index contributed by atoms with van der Waals surface area (Å²) in [6.07, 6.45) is 0. The van der Waals surface area contributed by atoms with Crippen LogP contribution in [0.4, 0.5) is 8.78 Å². The first-order chi connectivity index (χ1) is 8.16. The maximum Gasteiger partial charge on any atom is 0.167 e. The van der Waals surface area contributed by atoms with Crippen molar-refractivity contribution in [3.05, 3.63) is 64.1 Å².